The predicted molar refractivity (Wildman–Crippen MR) is 87.0 cm³/mol. The number of nitrogens with zero attached hydrogens (tertiary/aromatic N) is 2. The van der Waals surface area contributed by atoms with Gasteiger partial charge in [-0.25, -0.2) is 4.98 Å². The Morgan fingerprint density at radius 1 is 1.38 bits per heavy atom. The normalized spacial score (nSPS) is 15.7. The molecule has 1 aliphatic heterocycles. The molecule has 6 heteroatoms. The average molecular weight is 322 g/mol. The summed E-state index contributed by atoms with van der Waals surface area (Å²) >= 11 is 3.00. The third-order valence-electron chi connectivity index (χ3n) is 3.42. The number of hydrogen-bond donors (Lipinski definition) is 0. The molecule has 4 nitrogen and oxygen atoms in total. The SMILES string of the molecule is CC(C)c1nc(N2CCOCC2)sc1C(=O)c1cccs1. The summed E-state index contributed by atoms with van der Waals surface area (Å²) < 4.78 is 5.38. The fourth-order valence-corrected chi connectivity index (χ4v) is 4.25. The minimum absolute atomic E-state index is 0.103. The molecule has 0 N–H and O–H groups in total. The maximum atomic E-state index is 12.7. The van der Waals surface area contributed by atoms with Crippen molar-refractivity contribution in [1.82, 2.24) is 4.98 Å². The van der Waals surface area contributed by atoms with Crippen LogP contribution in [0.3, 0.4) is 0 Å². The maximum absolute atomic E-state index is 12.7. The lowest BCUT2D eigenvalue weighted by Crippen LogP contribution is -2.36. The first-order valence-corrected chi connectivity index (χ1v) is 8.78. The van der Waals surface area contributed by atoms with Gasteiger partial charge >= 0.3 is 0 Å². The van der Waals surface area contributed by atoms with Crippen molar-refractivity contribution in [3.63, 3.8) is 0 Å². The van der Waals surface area contributed by atoms with Crippen molar-refractivity contribution in [2.24, 2.45) is 0 Å². The molecule has 1 aliphatic rings. The Morgan fingerprint density at radius 3 is 2.76 bits per heavy atom. The second-order valence-electron chi connectivity index (χ2n) is 5.27. The summed E-state index contributed by atoms with van der Waals surface area (Å²) in [4.78, 5) is 21.2. The standard InChI is InChI=1S/C15H18N2O2S2/c1-10(2)12-14(13(18)11-4-3-9-20-11)21-15(16-12)17-5-7-19-8-6-17/h3-4,9-10H,5-8H2,1-2H3. The first-order valence-electron chi connectivity index (χ1n) is 7.08. The molecule has 0 bridgehead atoms. The number of thiazole rings is 1. The number of aromatic nitrogens is 1. The zero-order chi connectivity index (χ0) is 14.8. The van der Waals surface area contributed by atoms with Gasteiger partial charge in [-0.1, -0.05) is 31.3 Å². The summed E-state index contributed by atoms with van der Waals surface area (Å²) in [6, 6.07) is 3.79. The molecule has 1 fully saturated rings. The highest BCUT2D eigenvalue weighted by Crippen LogP contribution is 2.33. The van der Waals surface area contributed by atoms with E-state index in [2.05, 4.69) is 18.7 Å². The number of hydrogen-bond acceptors (Lipinski definition) is 6. The largest absolute Gasteiger partial charge is 0.378 e. The zero-order valence-electron chi connectivity index (χ0n) is 12.2. The molecule has 0 aromatic carbocycles. The fraction of sp³-hybridized carbons (Fsp3) is 0.467. The molecule has 0 unspecified atom stereocenters. The smallest absolute Gasteiger partial charge is 0.214 e. The number of morpholine rings is 1. The summed E-state index contributed by atoms with van der Waals surface area (Å²) in [6.45, 7) is 7.32. The number of anilines is 1. The van der Waals surface area contributed by atoms with E-state index in [9.17, 15) is 4.79 Å². The second-order valence-corrected chi connectivity index (χ2v) is 7.20. The fourth-order valence-electron chi connectivity index (χ4n) is 2.28. The highest BCUT2D eigenvalue weighted by Gasteiger charge is 2.24. The van der Waals surface area contributed by atoms with E-state index >= 15 is 0 Å². The van der Waals surface area contributed by atoms with Crippen LogP contribution in [0.25, 0.3) is 0 Å². The minimum atomic E-state index is 0.103. The molecule has 0 amide bonds. The molecular formula is C15H18N2O2S2. The molecule has 0 atom stereocenters. The molecule has 1 saturated heterocycles. The van der Waals surface area contributed by atoms with Gasteiger partial charge < -0.3 is 9.64 Å². The van der Waals surface area contributed by atoms with Crippen molar-refractivity contribution in [1.29, 1.82) is 0 Å². The van der Waals surface area contributed by atoms with Gasteiger partial charge in [-0.15, -0.1) is 11.3 Å². The molecular weight excluding hydrogens is 304 g/mol. The van der Waals surface area contributed by atoms with Crippen LogP contribution in [-0.4, -0.2) is 37.1 Å². The van der Waals surface area contributed by atoms with E-state index in [4.69, 9.17) is 9.72 Å². The highest BCUT2D eigenvalue weighted by molar-refractivity contribution is 7.19. The van der Waals surface area contributed by atoms with Crippen LogP contribution >= 0.6 is 22.7 Å². The molecule has 0 saturated carbocycles. The van der Waals surface area contributed by atoms with E-state index in [1.165, 1.54) is 22.7 Å². The van der Waals surface area contributed by atoms with Crippen LogP contribution in [0, 0.1) is 0 Å². The van der Waals surface area contributed by atoms with E-state index < -0.39 is 0 Å². The van der Waals surface area contributed by atoms with Crippen molar-refractivity contribution in [2.45, 2.75) is 19.8 Å². The number of ketones is 1. The van der Waals surface area contributed by atoms with Crippen molar-refractivity contribution >= 4 is 33.6 Å². The Labute approximate surface area is 132 Å². The summed E-state index contributed by atoms with van der Waals surface area (Å²) in [6.07, 6.45) is 0. The Balaban J connectivity index is 1.95. The van der Waals surface area contributed by atoms with Gasteiger partial charge in [0.1, 0.15) is 4.88 Å². The number of ether oxygens (including phenoxy) is 1. The molecule has 3 heterocycles. The van der Waals surface area contributed by atoms with Crippen LogP contribution in [-0.2, 0) is 4.74 Å². The molecule has 0 aliphatic carbocycles. The summed E-state index contributed by atoms with van der Waals surface area (Å²) in [5.41, 5.74) is 0.917. The third-order valence-corrected chi connectivity index (χ3v) is 5.42. The highest BCUT2D eigenvalue weighted by atomic mass is 32.1. The van der Waals surface area contributed by atoms with Crippen LogP contribution in [0.4, 0.5) is 5.13 Å². The van der Waals surface area contributed by atoms with E-state index in [1.54, 1.807) is 0 Å². The first-order chi connectivity index (χ1) is 10.2. The maximum Gasteiger partial charge on any atom is 0.214 e. The lowest BCUT2D eigenvalue weighted by Gasteiger charge is -2.26. The minimum Gasteiger partial charge on any atom is -0.378 e. The quantitative estimate of drug-likeness (QED) is 0.809. The Hall–Kier alpha value is -1.24. The monoisotopic (exact) mass is 322 g/mol. The van der Waals surface area contributed by atoms with Gasteiger partial charge in [0, 0.05) is 13.1 Å². The molecule has 0 radical (unpaired) electrons. The van der Waals surface area contributed by atoms with Crippen LogP contribution in [0.2, 0.25) is 0 Å². The van der Waals surface area contributed by atoms with Gasteiger partial charge in [-0.05, 0) is 17.4 Å². The van der Waals surface area contributed by atoms with Crippen LogP contribution in [0.1, 0.15) is 40.0 Å². The Morgan fingerprint density at radius 2 is 2.14 bits per heavy atom. The van der Waals surface area contributed by atoms with Crippen LogP contribution in [0.5, 0.6) is 0 Å². The number of carbonyl (C=O) groups excluding carboxylic acids is 1. The average Bonchev–Trinajstić information content (AvgIpc) is 3.17. The Kier molecular flexibility index (Phi) is 4.37. The number of rotatable bonds is 4. The van der Waals surface area contributed by atoms with Crippen molar-refractivity contribution in [3.8, 4) is 0 Å². The van der Waals surface area contributed by atoms with E-state index in [1.807, 2.05) is 17.5 Å². The van der Waals surface area contributed by atoms with Gasteiger partial charge in [-0.3, -0.25) is 4.79 Å². The lowest BCUT2D eigenvalue weighted by molar-refractivity contribution is 0.104. The molecule has 21 heavy (non-hydrogen) atoms. The molecule has 3 rings (SSSR count). The lowest BCUT2D eigenvalue weighted by atomic mass is 10.1. The molecule has 2 aromatic rings. The zero-order valence-corrected chi connectivity index (χ0v) is 13.8. The van der Waals surface area contributed by atoms with Crippen molar-refractivity contribution in [2.75, 3.05) is 31.2 Å². The second kappa shape index (κ2) is 6.25. The van der Waals surface area contributed by atoms with Gasteiger partial charge in [0.15, 0.2) is 5.13 Å². The Bertz CT molecular complexity index is 614. The number of thiophene rings is 1. The van der Waals surface area contributed by atoms with Crippen LogP contribution < -0.4 is 4.90 Å². The van der Waals surface area contributed by atoms with Crippen molar-refractivity contribution < 1.29 is 9.53 Å². The van der Waals surface area contributed by atoms with E-state index in [-0.39, 0.29) is 11.7 Å². The molecule has 2 aromatic heterocycles. The summed E-state index contributed by atoms with van der Waals surface area (Å²) in [5.74, 6) is 0.348. The molecule has 112 valence electrons. The predicted octanol–water partition coefficient (Wildman–Crippen LogP) is 3.40. The van der Waals surface area contributed by atoms with E-state index in [0.29, 0.717) is 0 Å². The molecule has 0 spiro atoms. The van der Waals surface area contributed by atoms with Gasteiger partial charge in [0.25, 0.3) is 0 Å². The topological polar surface area (TPSA) is 42.4 Å². The third kappa shape index (κ3) is 3.02. The van der Waals surface area contributed by atoms with Gasteiger partial charge in [0.2, 0.25) is 5.78 Å². The van der Waals surface area contributed by atoms with E-state index in [0.717, 1.165) is 46.9 Å². The summed E-state index contributed by atoms with van der Waals surface area (Å²) in [5, 5.41) is 2.88. The number of carbonyl (C=O) groups is 1. The first kappa shape index (κ1) is 14.7. The van der Waals surface area contributed by atoms with Crippen LogP contribution in [0.15, 0.2) is 17.5 Å². The van der Waals surface area contributed by atoms with Gasteiger partial charge in [0.05, 0.1) is 23.8 Å². The van der Waals surface area contributed by atoms with Crippen molar-refractivity contribution in [3.05, 3.63) is 33.0 Å². The summed E-state index contributed by atoms with van der Waals surface area (Å²) in [7, 11) is 0. The van der Waals surface area contributed by atoms with Gasteiger partial charge in [-0.2, -0.15) is 0 Å².